The highest BCUT2D eigenvalue weighted by molar-refractivity contribution is 6.92. The van der Waals surface area contributed by atoms with E-state index in [9.17, 15) is 0 Å². The molecule has 4 aliphatic carbocycles. The normalized spacial score (nSPS) is 40.0. The van der Waals surface area contributed by atoms with Gasteiger partial charge in [-0.05, 0) is 27.7 Å². The molecule has 0 nitrogen and oxygen atoms in total. The zero-order chi connectivity index (χ0) is 24.1. The molecule has 33 heavy (non-hydrogen) atoms. The van der Waals surface area contributed by atoms with Crippen molar-refractivity contribution in [2.45, 2.75) is 102 Å². The number of allylic oxidation sites excluding steroid dienone is 16. The number of rotatable bonds is 4. The van der Waals surface area contributed by atoms with E-state index < -0.39 is 6.15 Å². The van der Waals surface area contributed by atoms with Crippen LogP contribution in [-0.2, 0) is 0 Å². The van der Waals surface area contributed by atoms with Gasteiger partial charge in [0.25, 0.3) is 0 Å². The molecule has 176 valence electrons. The van der Waals surface area contributed by atoms with Gasteiger partial charge in [-0.15, -0.1) is 45.6 Å². The van der Waals surface area contributed by atoms with E-state index >= 15 is 0 Å². The monoisotopic (exact) mass is 439 g/mol. The summed E-state index contributed by atoms with van der Waals surface area (Å²) in [4.78, 5) is 0. The van der Waals surface area contributed by atoms with Crippen LogP contribution in [0.4, 0.5) is 0 Å². The lowest BCUT2D eigenvalue weighted by Gasteiger charge is -2.78. The predicted octanol–water partition coefficient (Wildman–Crippen LogP) is 10.1. The highest BCUT2D eigenvalue weighted by Crippen LogP contribution is 2.78. The van der Waals surface area contributed by atoms with Gasteiger partial charge in [0.15, 0.2) is 0 Å². The molecule has 0 amide bonds. The third-order valence-corrected chi connectivity index (χ3v) is 10.3. The molecule has 0 saturated carbocycles. The topological polar surface area (TPSA) is 0 Å². The molecule has 0 spiro atoms. The van der Waals surface area contributed by atoms with E-state index in [1.807, 2.05) is 0 Å². The Hall–Kier alpha value is -2.02. The van der Waals surface area contributed by atoms with Crippen molar-refractivity contribution in [3.05, 3.63) is 95.2 Å². The van der Waals surface area contributed by atoms with Crippen molar-refractivity contribution in [1.29, 1.82) is 0 Å². The molecule has 0 heterocycles. The van der Waals surface area contributed by atoms with Crippen LogP contribution >= 0.6 is 0 Å². The van der Waals surface area contributed by atoms with Gasteiger partial charge < -0.3 is 0 Å². The quantitative estimate of drug-likeness (QED) is 0.382. The summed E-state index contributed by atoms with van der Waals surface area (Å²) in [5.41, 5.74) is 5.60. The molecule has 0 bridgehead atoms. The maximum absolute atomic E-state index is 2.61. The van der Waals surface area contributed by atoms with E-state index in [0.29, 0.717) is 0 Å². The van der Waals surface area contributed by atoms with Gasteiger partial charge in [0, 0.05) is 6.15 Å². The minimum atomic E-state index is -1.08. The first-order valence-corrected chi connectivity index (χ1v) is 13.0. The summed E-state index contributed by atoms with van der Waals surface area (Å²) < 4.78 is 0. The van der Waals surface area contributed by atoms with Crippen LogP contribution in [0.15, 0.2) is 95.2 Å². The molecule has 0 fully saturated rings. The van der Waals surface area contributed by atoms with E-state index in [2.05, 4.69) is 128 Å². The first-order chi connectivity index (χ1) is 15.4. The molecule has 0 aromatic heterocycles. The summed E-state index contributed by atoms with van der Waals surface area (Å²) in [5, 5.41) is 0.254. The Bertz CT molecular complexity index is 896. The Morgan fingerprint density at radius 1 is 0.455 bits per heavy atom. The molecule has 0 aliphatic heterocycles. The van der Waals surface area contributed by atoms with Crippen molar-refractivity contribution in [3.63, 3.8) is 0 Å². The van der Waals surface area contributed by atoms with Crippen LogP contribution in [0, 0.1) is 0 Å². The van der Waals surface area contributed by atoms with Crippen LogP contribution in [0.5, 0.6) is 0 Å². The average molecular weight is 440 g/mol. The molecule has 0 aromatic carbocycles. The van der Waals surface area contributed by atoms with Crippen LogP contribution < -0.4 is 0 Å². The zero-order valence-corrected chi connectivity index (χ0v) is 22.3. The molecule has 0 radical (unpaired) electrons. The zero-order valence-electron chi connectivity index (χ0n) is 22.3. The standard InChI is InChI=1S/C32H44B/c1-25-9-17-29(5,18-10-25)33(30(6)19-11-26(2)12-20-30,31(7)21-13-27(3)14-22-31)32(8)23-15-28(4)16-24-32/h9-17,19,21,23H,18,20,22,24H2,1-8H3/q-1. The summed E-state index contributed by atoms with van der Waals surface area (Å²) in [6.45, 7) is 19.4. The van der Waals surface area contributed by atoms with E-state index in [1.54, 1.807) is 0 Å². The molecule has 4 unspecified atom stereocenters. The van der Waals surface area contributed by atoms with E-state index in [-0.39, 0.29) is 21.3 Å². The Balaban J connectivity index is 2.08. The minimum Gasteiger partial charge on any atom is -0.133 e. The Kier molecular flexibility index (Phi) is 5.87. The number of hydrogen-bond donors (Lipinski definition) is 0. The number of hydrogen-bond acceptors (Lipinski definition) is 0. The third kappa shape index (κ3) is 3.49. The molecule has 1 heteroatoms. The van der Waals surface area contributed by atoms with Crippen LogP contribution in [-0.4, -0.2) is 6.15 Å². The lowest BCUT2D eigenvalue weighted by atomic mass is 8.90. The average Bonchev–Trinajstić information content (AvgIpc) is 2.77. The van der Waals surface area contributed by atoms with Crippen molar-refractivity contribution in [2.75, 3.05) is 0 Å². The van der Waals surface area contributed by atoms with Crippen LogP contribution in [0.1, 0.15) is 81.1 Å². The van der Waals surface area contributed by atoms with Gasteiger partial charge in [-0.25, -0.2) is 0 Å². The summed E-state index contributed by atoms with van der Waals surface area (Å²) in [5.74, 6) is 0. The molecule has 4 rings (SSSR count). The van der Waals surface area contributed by atoms with Gasteiger partial charge in [-0.1, -0.05) is 124 Å². The van der Waals surface area contributed by atoms with Crippen molar-refractivity contribution in [1.82, 2.24) is 0 Å². The fourth-order valence-corrected chi connectivity index (χ4v) is 9.16. The van der Waals surface area contributed by atoms with Crippen molar-refractivity contribution >= 4 is 6.15 Å². The summed E-state index contributed by atoms with van der Waals surface area (Å²) in [6.07, 6.45) is 33.5. The minimum absolute atomic E-state index is 0.0635. The fraction of sp³-hybridized carbons (Fsp3) is 0.500. The molecular formula is C32H44B-. The summed E-state index contributed by atoms with van der Waals surface area (Å²) in [7, 11) is 0. The van der Waals surface area contributed by atoms with Gasteiger partial charge in [0.2, 0.25) is 0 Å². The van der Waals surface area contributed by atoms with E-state index in [1.165, 1.54) is 22.3 Å². The van der Waals surface area contributed by atoms with Gasteiger partial charge in [0.05, 0.1) is 0 Å². The van der Waals surface area contributed by atoms with Gasteiger partial charge in [-0.2, -0.15) is 0 Å². The second-order valence-electron chi connectivity index (χ2n) is 12.8. The molecule has 0 aromatic rings. The lowest BCUT2D eigenvalue weighted by Crippen LogP contribution is -2.68. The van der Waals surface area contributed by atoms with Gasteiger partial charge in [0.1, 0.15) is 0 Å². The van der Waals surface area contributed by atoms with E-state index in [0.717, 1.165) is 25.7 Å². The Morgan fingerprint density at radius 3 is 0.818 bits per heavy atom. The van der Waals surface area contributed by atoms with Crippen molar-refractivity contribution < 1.29 is 0 Å². The second-order valence-corrected chi connectivity index (χ2v) is 12.8. The predicted molar refractivity (Wildman–Crippen MR) is 149 cm³/mol. The first kappa shape index (κ1) is 24.1. The van der Waals surface area contributed by atoms with Crippen LogP contribution in [0.2, 0.25) is 21.3 Å². The summed E-state index contributed by atoms with van der Waals surface area (Å²) in [6, 6.07) is 0. The van der Waals surface area contributed by atoms with Crippen molar-refractivity contribution in [2.24, 2.45) is 0 Å². The Labute approximate surface area is 203 Å². The SMILES string of the molecule is CC1=CCC(C)([B-](C2(C)C=CC(C)=CC2)(C2(C)C=CC(C)=CC2)C2(C)C=CC(C)=CC2)C=C1. The molecule has 0 saturated heterocycles. The maximum atomic E-state index is 2.61. The van der Waals surface area contributed by atoms with Crippen LogP contribution in [0.25, 0.3) is 0 Å². The van der Waals surface area contributed by atoms with Crippen molar-refractivity contribution in [3.8, 4) is 0 Å². The second kappa shape index (κ2) is 8.04. The molecular weight excluding hydrogens is 395 g/mol. The highest BCUT2D eigenvalue weighted by Gasteiger charge is 2.64. The highest BCUT2D eigenvalue weighted by atomic mass is 14.5. The summed E-state index contributed by atoms with van der Waals surface area (Å²) >= 11 is 0. The molecule has 4 atom stereocenters. The molecule has 0 N–H and O–H groups in total. The first-order valence-electron chi connectivity index (χ1n) is 13.0. The van der Waals surface area contributed by atoms with Crippen LogP contribution in [0.3, 0.4) is 0 Å². The Morgan fingerprint density at radius 2 is 0.667 bits per heavy atom. The van der Waals surface area contributed by atoms with Gasteiger partial charge in [-0.3, -0.25) is 0 Å². The molecule has 4 aliphatic rings. The smallest absolute Gasteiger partial charge is 0.0413 e. The van der Waals surface area contributed by atoms with Gasteiger partial charge >= 0.3 is 0 Å². The lowest BCUT2D eigenvalue weighted by molar-refractivity contribution is 0.480. The largest absolute Gasteiger partial charge is 0.133 e. The fourth-order valence-electron chi connectivity index (χ4n) is 9.16. The third-order valence-electron chi connectivity index (χ3n) is 10.3. The van der Waals surface area contributed by atoms with E-state index in [4.69, 9.17) is 0 Å². The maximum Gasteiger partial charge on any atom is 0.0413 e.